The van der Waals surface area contributed by atoms with Gasteiger partial charge in [0.2, 0.25) is 0 Å². The van der Waals surface area contributed by atoms with Crippen molar-refractivity contribution >= 4 is 70.1 Å². The molecule has 0 saturated carbocycles. The van der Waals surface area contributed by atoms with Crippen LogP contribution in [0.1, 0.15) is 40.2 Å². The van der Waals surface area contributed by atoms with Crippen molar-refractivity contribution in [2.45, 2.75) is 59.0 Å². The van der Waals surface area contributed by atoms with E-state index in [0.29, 0.717) is 19.1 Å². The molecule has 1 atom stereocenters. The van der Waals surface area contributed by atoms with E-state index in [9.17, 15) is 0 Å². The maximum atomic E-state index is 8.56. The molecule has 1 aromatic heterocycles. The van der Waals surface area contributed by atoms with Crippen molar-refractivity contribution in [3.63, 3.8) is 0 Å². The van der Waals surface area contributed by atoms with Crippen molar-refractivity contribution in [2.24, 2.45) is 5.92 Å². The van der Waals surface area contributed by atoms with Crippen LogP contribution in [0.2, 0.25) is 0 Å². The van der Waals surface area contributed by atoms with Crippen molar-refractivity contribution in [2.75, 3.05) is 6.61 Å². The summed E-state index contributed by atoms with van der Waals surface area (Å²) in [4.78, 5) is 8.56. The van der Waals surface area contributed by atoms with E-state index in [4.69, 9.17) is 29.1 Å². The molecule has 2 N–H and O–H groups in total. The van der Waals surface area contributed by atoms with Gasteiger partial charge >= 0.3 is 13.3 Å². The molecule has 1 unspecified atom stereocenters. The number of carboxylic acid groups (broad SMARTS) is 2. The van der Waals surface area contributed by atoms with E-state index >= 15 is 0 Å². The van der Waals surface area contributed by atoms with Crippen LogP contribution in [-0.4, -0.2) is 102 Å². The van der Waals surface area contributed by atoms with Crippen LogP contribution >= 0.6 is 0 Å². The minimum atomic E-state index is -1.83. The predicted octanol–water partition coefficient (Wildman–Crippen LogP) is 2.88. The quantitative estimate of drug-likeness (QED) is 0.617. The number of aromatic nitrogens is 2. The number of benzene rings is 1. The Morgan fingerprint density at radius 2 is 1.71 bits per heavy atom. The average Bonchev–Trinajstić information content (AvgIpc) is 3.17. The molecular formula is C21H31BKN2O6. The van der Waals surface area contributed by atoms with Gasteiger partial charge in [-0.1, -0.05) is 37.3 Å². The molecule has 1 aromatic carbocycles. The zero-order valence-corrected chi connectivity index (χ0v) is 22.4. The van der Waals surface area contributed by atoms with E-state index < -0.39 is 6.16 Å². The van der Waals surface area contributed by atoms with Crippen molar-refractivity contribution in [1.29, 1.82) is 0 Å². The minimum absolute atomic E-state index is 0. The monoisotopic (exact) mass is 457 g/mol. The number of hydrogen-bond donors (Lipinski definition) is 2. The maximum Gasteiger partial charge on any atom is 0.503 e. The normalized spacial score (nSPS) is 17.3. The summed E-state index contributed by atoms with van der Waals surface area (Å²) in [6, 6.07) is 10.2. The molecule has 31 heavy (non-hydrogen) atoms. The first-order valence-electron chi connectivity index (χ1n) is 9.92. The van der Waals surface area contributed by atoms with Gasteiger partial charge in [0.25, 0.3) is 0 Å². The van der Waals surface area contributed by atoms with Gasteiger partial charge < -0.3 is 24.3 Å². The topological polar surface area (TPSA) is 103 Å². The first-order chi connectivity index (χ1) is 14.0. The largest absolute Gasteiger partial charge is 0.503 e. The second kappa shape index (κ2) is 12.5. The summed E-state index contributed by atoms with van der Waals surface area (Å²) in [7, 11) is -0.363. The van der Waals surface area contributed by atoms with Gasteiger partial charge in [0, 0.05) is 75.8 Å². The van der Waals surface area contributed by atoms with E-state index in [1.165, 1.54) is 5.56 Å². The zero-order valence-electron chi connectivity index (χ0n) is 19.2. The smallest absolute Gasteiger partial charge is 0.450 e. The van der Waals surface area contributed by atoms with Gasteiger partial charge in [-0.25, -0.2) is 4.79 Å². The predicted molar refractivity (Wildman–Crippen MR) is 120 cm³/mol. The Labute approximate surface area is 226 Å². The molecule has 1 saturated heterocycles. The number of rotatable bonds is 7. The molecule has 0 spiro atoms. The Bertz CT molecular complexity index is 795. The number of hydrogen-bond acceptors (Lipinski definition) is 5. The molecule has 8 nitrogen and oxygen atoms in total. The van der Waals surface area contributed by atoms with Crippen LogP contribution in [0.4, 0.5) is 4.79 Å². The maximum absolute atomic E-state index is 8.56. The van der Waals surface area contributed by atoms with Crippen LogP contribution in [0.5, 0.6) is 0 Å². The van der Waals surface area contributed by atoms with Gasteiger partial charge in [-0.15, -0.1) is 0 Å². The second-order valence-electron chi connectivity index (χ2n) is 8.47. The van der Waals surface area contributed by atoms with Gasteiger partial charge in [-0.3, -0.25) is 4.68 Å². The SMILES string of the molecule is CC(COCc1ccccc1)Cn1cc(B2OC(C)(C)C(C)(C)O2)cn1.O=C(O)O.[K]. The van der Waals surface area contributed by atoms with Crippen molar-refractivity contribution in [1.82, 2.24) is 9.78 Å². The molecule has 10 heteroatoms. The summed E-state index contributed by atoms with van der Waals surface area (Å²) >= 11 is 0. The first-order valence-corrected chi connectivity index (χ1v) is 9.92. The van der Waals surface area contributed by atoms with Gasteiger partial charge in [0.15, 0.2) is 0 Å². The molecule has 1 aliphatic rings. The van der Waals surface area contributed by atoms with Crippen LogP contribution in [0.3, 0.4) is 0 Å². The Morgan fingerprint density at radius 3 is 2.26 bits per heavy atom. The molecule has 1 radical (unpaired) electrons. The fourth-order valence-corrected chi connectivity index (χ4v) is 2.90. The Hall–Kier alpha value is -0.719. The molecule has 2 heterocycles. The number of ether oxygens (including phenoxy) is 1. The zero-order chi connectivity index (χ0) is 22.4. The van der Waals surface area contributed by atoms with Crippen molar-refractivity contribution in [3.8, 4) is 0 Å². The van der Waals surface area contributed by atoms with E-state index in [-0.39, 0.29) is 69.7 Å². The molecule has 165 valence electrons. The summed E-state index contributed by atoms with van der Waals surface area (Å²) in [5.74, 6) is 0.366. The summed E-state index contributed by atoms with van der Waals surface area (Å²) in [6.45, 7) is 12.5. The van der Waals surface area contributed by atoms with Crippen LogP contribution in [-0.2, 0) is 27.2 Å². The van der Waals surface area contributed by atoms with E-state index in [2.05, 4.69) is 51.9 Å². The number of nitrogens with zero attached hydrogens (tertiary/aromatic N) is 2. The van der Waals surface area contributed by atoms with E-state index in [1.807, 2.05) is 35.3 Å². The van der Waals surface area contributed by atoms with Crippen molar-refractivity contribution < 1.29 is 29.1 Å². The van der Waals surface area contributed by atoms with Crippen molar-refractivity contribution in [3.05, 3.63) is 48.3 Å². The second-order valence-corrected chi connectivity index (χ2v) is 8.47. The molecule has 0 bridgehead atoms. The third kappa shape index (κ3) is 8.97. The number of carbonyl (C=O) groups is 1. The third-order valence-corrected chi connectivity index (χ3v) is 5.19. The summed E-state index contributed by atoms with van der Waals surface area (Å²) in [5, 5.41) is 18.4. The van der Waals surface area contributed by atoms with Gasteiger partial charge in [0.05, 0.1) is 24.4 Å². The summed E-state index contributed by atoms with van der Waals surface area (Å²) in [6.07, 6.45) is 2.01. The van der Waals surface area contributed by atoms with Gasteiger partial charge in [0.1, 0.15) is 0 Å². The van der Waals surface area contributed by atoms with Gasteiger partial charge in [-0.2, -0.15) is 5.10 Å². The fraction of sp³-hybridized carbons (Fsp3) is 0.524. The van der Waals surface area contributed by atoms with Gasteiger partial charge in [-0.05, 0) is 39.2 Å². The Morgan fingerprint density at radius 1 is 1.16 bits per heavy atom. The van der Waals surface area contributed by atoms with Crippen LogP contribution in [0, 0.1) is 5.92 Å². The Kier molecular flexibility index (Phi) is 11.4. The van der Waals surface area contributed by atoms with Crippen LogP contribution in [0.15, 0.2) is 42.7 Å². The average molecular weight is 457 g/mol. The minimum Gasteiger partial charge on any atom is -0.450 e. The standard InChI is InChI=1S/C20H29BN2O3.CH2O3.K/c1-16(14-24-15-17-9-7-6-8-10-17)12-23-13-18(11-22-23)21-25-19(2,3)20(4,5)26-21;2-1(3)4;/h6-11,13,16H,12,14-15H2,1-5H3;(H2,2,3,4);. The molecule has 1 aliphatic heterocycles. The van der Waals surface area contributed by atoms with Crippen LogP contribution < -0.4 is 5.46 Å². The first kappa shape index (κ1) is 28.3. The Balaban J connectivity index is 0.000000885. The third-order valence-electron chi connectivity index (χ3n) is 5.19. The molecular weight excluding hydrogens is 426 g/mol. The van der Waals surface area contributed by atoms with E-state index in [0.717, 1.165) is 12.0 Å². The molecule has 1 fully saturated rings. The van der Waals surface area contributed by atoms with E-state index in [1.54, 1.807) is 0 Å². The molecule has 0 amide bonds. The van der Waals surface area contributed by atoms with Crippen LogP contribution in [0.25, 0.3) is 0 Å². The summed E-state index contributed by atoms with van der Waals surface area (Å²) in [5.41, 5.74) is 1.49. The summed E-state index contributed by atoms with van der Waals surface area (Å²) < 4.78 is 19.9. The molecule has 0 aliphatic carbocycles. The molecule has 3 rings (SSSR count). The molecule has 2 aromatic rings. The fourth-order valence-electron chi connectivity index (χ4n) is 2.90.